The molecule has 0 fully saturated rings. The third-order valence-corrected chi connectivity index (χ3v) is 2.72. The van der Waals surface area contributed by atoms with Crippen molar-refractivity contribution in [3.63, 3.8) is 0 Å². The normalized spacial score (nSPS) is 13.6. The molecule has 90 valence electrons. The van der Waals surface area contributed by atoms with Crippen LogP contribution >= 0.6 is 0 Å². The number of ether oxygens (including phenoxy) is 1. The second-order valence-corrected chi connectivity index (χ2v) is 5.01. The molecule has 16 heavy (non-hydrogen) atoms. The molecule has 0 saturated carbocycles. The zero-order valence-corrected chi connectivity index (χ0v) is 9.56. The summed E-state index contributed by atoms with van der Waals surface area (Å²) in [5.41, 5.74) is 6.45. The van der Waals surface area contributed by atoms with Gasteiger partial charge in [-0.25, -0.2) is 0 Å². The van der Waals surface area contributed by atoms with Gasteiger partial charge in [0, 0.05) is 6.04 Å². The molecule has 5 nitrogen and oxygen atoms in total. The Labute approximate surface area is 95.0 Å². The Kier molecular flexibility index (Phi) is 4.88. The zero-order valence-electron chi connectivity index (χ0n) is 8.74. The molecule has 1 aromatic rings. The van der Waals surface area contributed by atoms with Crippen molar-refractivity contribution in [1.82, 2.24) is 0 Å². The molecular weight excluding hydrogens is 230 g/mol. The Morgan fingerprint density at radius 1 is 1.31 bits per heavy atom. The quantitative estimate of drug-likeness (QED) is 0.709. The summed E-state index contributed by atoms with van der Waals surface area (Å²) in [4.78, 5) is 0. The highest BCUT2D eigenvalue weighted by atomic mass is 32.2. The summed E-state index contributed by atoms with van der Waals surface area (Å²) in [6, 6.07) is 8.75. The van der Waals surface area contributed by atoms with Crippen LogP contribution in [0.3, 0.4) is 0 Å². The van der Waals surface area contributed by atoms with Gasteiger partial charge < -0.3 is 10.5 Å². The van der Waals surface area contributed by atoms with E-state index in [2.05, 4.69) is 0 Å². The maximum Gasteiger partial charge on any atom is 0.266 e. The van der Waals surface area contributed by atoms with E-state index in [9.17, 15) is 8.42 Å². The first-order chi connectivity index (χ1) is 7.47. The Hall–Kier alpha value is -0.950. The summed E-state index contributed by atoms with van der Waals surface area (Å²) in [5.74, 6) is -0.484. The van der Waals surface area contributed by atoms with Crippen LogP contribution < -0.4 is 5.73 Å². The van der Waals surface area contributed by atoms with E-state index in [-0.39, 0.29) is 6.61 Å². The van der Waals surface area contributed by atoms with Gasteiger partial charge in [-0.1, -0.05) is 30.3 Å². The molecule has 0 aliphatic rings. The Morgan fingerprint density at radius 3 is 2.50 bits per heavy atom. The van der Waals surface area contributed by atoms with Crippen LogP contribution in [0.5, 0.6) is 0 Å². The maximum absolute atomic E-state index is 10.5. The minimum Gasteiger partial charge on any atom is -0.375 e. The van der Waals surface area contributed by atoms with Crippen LogP contribution in [-0.4, -0.2) is 31.4 Å². The van der Waals surface area contributed by atoms with Gasteiger partial charge in [0.05, 0.1) is 19.0 Å². The van der Waals surface area contributed by atoms with Crippen molar-refractivity contribution in [1.29, 1.82) is 0 Å². The molecule has 0 saturated heterocycles. The Morgan fingerprint density at radius 2 is 1.94 bits per heavy atom. The zero-order chi connectivity index (χ0) is 12.0. The molecule has 3 N–H and O–H groups in total. The molecule has 6 heteroatoms. The van der Waals surface area contributed by atoms with Crippen molar-refractivity contribution in [3.8, 4) is 0 Å². The van der Waals surface area contributed by atoms with Crippen LogP contribution in [0.1, 0.15) is 5.56 Å². The fraction of sp³-hybridized carbons (Fsp3) is 0.400. The average molecular weight is 245 g/mol. The number of benzene rings is 1. The van der Waals surface area contributed by atoms with Crippen LogP contribution in [0, 0.1) is 0 Å². The molecule has 0 amide bonds. The van der Waals surface area contributed by atoms with E-state index in [4.69, 9.17) is 15.0 Å². The standard InChI is InChI=1S/C10H15NO4S/c11-10(8-16(12,13)14)7-15-6-9-4-2-1-3-5-9/h1-5,10H,6-8,11H2,(H,12,13,14)/t10-/m0/s1. The van der Waals surface area contributed by atoms with E-state index in [0.29, 0.717) is 6.61 Å². The minimum absolute atomic E-state index is 0.0919. The van der Waals surface area contributed by atoms with E-state index >= 15 is 0 Å². The fourth-order valence-corrected chi connectivity index (χ4v) is 1.86. The summed E-state index contributed by atoms with van der Waals surface area (Å²) in [6.45, 7) is 0.467. The molecule has 1 rings (SSSR count). The predicted octanol–water partition coefficient (Wildman–Crippen LogP) is 0.418. The molecule has 0 aliphatic carbocycles. The Bertz CT molecular complexity index is 404. The lowest BCUT2D eigenvalue weighted by molar-refractivity contribution is 0.111. The average Bonchev–Trinajstić information content (AvgIpc) is 2.16. The van der Waals surface area contributed by atoms with Gasteiger partial charge in [-0.05, 0) is 5.56 Å². The van der Waals surface area contributed by atoms with E-state index in [1.54, 1.807) is 0 Å². The highest BCUT2D eigenvalue weighted by molar-refractivity contribution is 7.85. The van der Waals surface area contributed by atoms with E-state index in [1.807, 2.05) is 30.3 Å². The highest BCUT2D eigenvalue weighted by Gasteiger charge is 2.12. The smallest absolute Gasteiger partial charge is 0.266 e. The fourth-order valence-electron chi connectivity index (χ4n) is 1.22. The number of nitrogens with two attached hydrogens (primary N) is 1. The van der Waals surface area contributed by atoms with Gasteiger partial charge in [0.1, 0.15) is 0 Å². The van der Waals surface area contributed by atoms with Crippen molar-refractivity contribution >= 4 is 10.1 Å². The van der Waals surface area contributed by atoms with E-state index in [0.717, 1.165) is 5.56 Å². The number of rotatable bonds is 6. The summed E-state index contributed by atoms with van der Waals surface area (Å²) >= 11 is 0. The van der Waals surface area contributed by atoms with Crippen molar-refractivity contribution in [2.45, 2.75) is 12.6 Å². The van der Waals surface area contributed by atoms with Crippen LogP contribution in [0.15, 0.2) is 30.3 Å². The summed E-state index contributed by atoms with van der Waals surface area (Å²) in [6.07, 6.45) is 0. The third kappa shape index (κ3) is 5.82. The van der Waals surface area contributed by atoms with Crippen molar-refractivity contribution in [3.05, 3.63) is 35.9 Å². The first kappa shape index (κ1) is 13.1. The third-order valence-electron chi connectivity index (χ3n) is 1.87. The molecule has 0 unspecified atom stereocenters. The van der Waals surface area contributed by atoms with Gasteiger partial charge in [0.25, 0.3) is 10.1 Å². The maximum atomic E-state index is 10.5. The monoisotopic (exact) mass is 245 g/mol. The predicted molar refractivity (Wildman–Crippen MR) is 60.5 cm³/mol. The van der Waals surface area contributed by atoms with Crippen molar-refractivity contribution < 1.29 is 17.7 Å². The lowest BCUT2D eigenvalue weighted by atomic mass is 10.2. The molecule has 0 aliphatic heterocycles. The molecule has 0 radical (unpaired) electrons. The lowest BCUT2D eigenvalue weighted by Gasteiger charge is -2.10. The minimum atomic E-state index is -4.02. The van der Waals surface area contributed by atoms with Gasteiger partial charge >= 0.3 is 0 Å². The summed E-state index contributed by atoms with van der Waals surface area (Å²) < 4.78 is 34.8. The molecule has 0 heterocycles. The second-order valence-electron chi connectivity index (χ2n) is 3.51. The SMILES string of the molecule is N[C@@H](COCc1ccccc1)CS(=O)(=O)O. The lowest BCUT2D eigenvalue weighted by Crippen LogP contribution is -2.33. The van der Waals surface area contributed by atoms with Crippen molar-refractivity contribution in [2.75, 3.05) is 12.4 Å². The number of hydrogen-bond donors (Lipinski definition) is 2. The molecule has 0 bridgehead atoms. The molecule has 0 spiro atoms. The largest absolute Gasteiger partial charge is 0.375 e. The number of hydrogen-bond acceptors (Lipinski definition) is 4. The molecule has 0 aromatic heterocycles. The second kappa shape index (κ2) is 5.95. The van der Waals surface area contributed by atoms with Gasteiger partial charge in [0.2, 0.25) is 0 Å². The van der Waals surface area contributed by atoms with E-state index < -0.39 is 21.9 Å². The molecule has 1 aromatic carbocycles. The van der Waals surface area contributed by atoms with Crippen LogP contribution in [0.4, 0.5) is 0 Å². The van der Waals surface area contributed by atoms with Gasteiger partial charge in [-0.15, -0.1) is 0 Å². The highest BCUT2D eigenvalue weighted by Crippen LogP contribution is 2.01. The van der Waals surface area contributed by atoms with Gasteiger partial charge in [-0.3, -0.25) is 4.55 Å². The summed E-state index contributed by atoms with van der Waals surface area (Å²) in [7, 11) is -4.02. The van der Waals surface area contributed by atoms with Crippen LogP contribution in [0.2, 0.25) is 0 Å². The van der Waals surface area contributed by atoms with Crippen LogP contribution in [-0.2, 0) is 21.5 Å². The molecule has 1 atom stereocenters. The molecular formula is C10H15NO4S. The first-order valence-electron chi connectivity index (χ1n) is 4.80. The van der Waals surface area contributed by atoms with Gasteiger partial charge in [0.15, 0.2) is 0 Å². The van der Waals surface area contributed by atoms with Crippen molar-refractivity contribution in [2.24, 2.45) is 5.73 Å². The Balaban J connectivity index is 2.26. The summed E-state index contributed by atoms with van der Waals surface area (Å²) in [5, 5.41) is 0. The van der Waals surface area contributed by atoms with E-state index in [1.165, 1.54) is 0 Å². The van der Waals surface area contributed by atoms with Gasteiger partial charge in [-0.2, -0.15) is 8.42 Å². The topological polar surface area (TPSA) is 89.6 Å². The van der Waals surface area contributed by atoms with Crippen LogP contribution in [0.25, 0.3) is 0 Å². The first-order valence-corrected chi connectivity index (χ1v) is 6.41.